The summed E-state index contributed by atoms with van der Waals surface area (Å²) in [6, 6.07) is 3.51. The number of anilines is 1. The van der Waals surface area contributed by atoms with Crippen molar-refractivity contribution in [3.8, 4) is 5.75 Å². The number of nitrogens with zero attached hydrogens (tertiary/aromatic N) is 3. The van der Waals surface area contributed by atoms with E-state index in [2.05, 4.69) is 15.5 Å². The Morgan fingerprint density at radius 1 is 1.46 bits per heavy atom. The van der Waals surface area contributed by atoms with Crippen molar-refractivity contribution in [2.75, 3.05) is 19.0 Å². The number of aryl methyl sites for hydroxylation is 1. The SMILES string of the molecule is COc1c(C(=O)Nc2ccc3nnc(CCCO)n3c2)csc1Cl. The van der Waals surface area contributed by atoms with Crippen molar-refractivity contribution in [2.45, 2.75) is 12.8 Å². The van der Waals surface area contributed by atoms with Gasteiger partial charge in [-0.2, -0.15) is 0 Å². The highest BCUT2D eigenvalue weighted by atomic mass is 35.5. The van der Waals surface area contributed by atoms with Gasteiger partial charge in [-0.3, -0.25) is 9.20 Å². The predicted octanol–water partition coefficient (Wildman–Crippen LogP) is 2.63. The number of ether oxygens (including phenoxy) is 1. The molecule has 3 aromatic rings. The molecule has 7 nitrogen and oxygen atoms in total. The van der Waals surface area contributed by atoms with Crippen LogP contribution in [0.1, 0.15) is 22.6 Å². The number of aliphatic hydroxyl groups is 1. The van der Waals surface area contributed by atoms with Crippen LogP contribution in [0.2, 0.25) is 4.34 Å². The molecule has 0 spiro atoms. The van der Waals surface area contributed by atoms with E-state index in [9.17, 15) is 4.79 Å². The number of hydrogen-bond acceptors (Lipinski definition) is 6. The summed E-state index contributed by atoms with van der Waals surface area (Å²) >= 11 is 7.24. The molecule has 0 atom stereocenters. The fraction of sp³-hybridized carbons (Fsp3) is 0.267. The normalized spacial score (nSPS) is 11.0. The smallest absolute Gasteiger partial charge is 0.260 e. The van der Waals surface area contributed by atoms with Gasteiger partial charge in [0.2, 0.25) is 0 Å². The van der Waals surface area contributed by atoms with Gasteiger partial charge in [0.1, 0.15) is 10.2 Å². The minimum atomic E-state index is -0.306. The molecule has 3 aromatic heterocycles. The number of nitrogens with one attached hydrogen (secondary N) is 1. The van der Waals surface area contributed by atoms with Crippen LogP contribution in [0.5, 0.6) is 5.75 Å². The van der Waals surface area contributed by atoms with E-state index in [4.69, 9.17) is 21.4 Å². The van der Waals surface area contributed by atoms with Crippen molar-refractivity contribution in [3.05, 3.63) is 39.4 Å². The Morgan fingerprint density at radius 3 is 3.04 bits per heavy atom. The number of fused-ring (bicyclic) bond motifs is 1. The molecule has 2 N–H and O–H groups in total. The van der Waals surface area contributed by atoms with E-state index >= 15 is 0 Å². The minimum absolute atomic E-state index is 0.0874. The van der Waals surface area contributed by atoms with Crippen molar-refractivity contribution in [3.63, 3.8) is 0 Å². The number of thiophene rings is 1. The number of hydrogen-bond donors (Lipinski definition) is 2. The molecule has 1 amide bonds. The van der Waals surface area contributed by atoms with Crippen molar-refractivity contribution in [1.29, 1.82) is 0 Å². The Labute approximate surface area is 146 Å². The van der Waals surface area contributed by atoms with Crippen LogP contribution in [0.25, 0.3) is 5.65 Å². The number of aliphatic hydroxyl groups excluding tert-OH is 1. The molecule has 0 saturated heterocycles. The van der Waals surface area contributed by atoms with E-state index in [1.54, 1.807) is 28.1 Å². The van der Waals surface area contributed by atoms with Gasteiger partial charge in [0.15, 0.2) is 11.4 Å². The molecule has 3 heterocycles. The second-order valence-corrected chi connectivity index (χ2v) is 6.48. The molecule has 126 valence electrons. The maximum absolute atomic E-state index is 12.4. The summed E-state index contributed by atoms with van der Waals surface area (Å²) in [7, 11) is 1.47. The zero-order valence-electron chi connectivity index (χ0n) is 12.8. The van der Waals surface area contributed by atoms with Crippen molar-refractivity contribution in [2.24, 2.45) is 0 Å². The Morgan fingerprint density at radius 2 is 2.29 bits per heavy atom. The number of rotatable bonds is 6. The van der Waals surface area contributed by atoms with Crippen molar-refractivity contribution in [1.82, 2.24) is 14.6 Å². The van der Waals surface area contributed by atoms with Crippen LogP contribution in [0.3, 0.4) is 0 Å². The first-order valence-electron chi connectivity index (χ1n) is 7.21. The second-order valence-electron chi connectivity index (χ2n) is 5.00. The topological polar surface area (TPSA) is 88.8 Å². The maximum Gasteiger partial charge on any atom is 0.260 e. The van der Waals surface area contributed by atoms with Gasteiger partial charge in [-0.15, -0.1) is 21.5 Å². The highest BCUT2D eigenvalue weighted by Crippen LogP contribution is 2.35. The minimum Gasteiger partial charge on any atom is -0.493 e. The van der Waals surface area contributed by atoms with Crippen molar-refractivity contribution >= 4 is 40.2 Å². The number of methoxy groups -OCH3 is 1. The third-order valence-corrected chi connectivity index (χ3v) is 4.63. The number of carbonyl (C=O) groups is 1. The fourth-order valence-corrected chi connectivity index (χ4v) is 3.34. The predicted molar refractivity (Wildman–Crippen MR) is 92.2 cm³/mol. The first kappa shape index (κ1) is 16.7. The van der Waals surface area contributed by atoms with E-state index < -0.39 is 0 Å². The number of amides is 1. The summed E-state index contributed by atoms with van der Waals surface area (Å²) in [6.07, 6.45) is 2.95. The summed E-state index contributed by atoms with van der Waals surface area (Å²) in [5.74, 6) is 0.791. The molecule has 0 radical (unpaired) electrons. The molecular formula is C15H15ClN4O3S. The summed E-state index contributed by atoms with van der Waals surface area (Å²) in [5, 5.41) is 21.6. The molecule has 0 unspecified atom stereocenters. The first-order valence-corrected chi connectivity index (χ1v) is 8.46. The Balaban J connectivity index is 1.85. The van der Waals surface area contributed by atoms with Gasteiger partial charge < -0.3 is 15.2 Å². The zero-order valence-corrected chi connectivity index (χ0v) is 14.4. The maximum atomic E-state index is 12.4. The van der Waals surface area contributed by atoms with Gasteiger partial charge in [0.05, 0.1) is 18.4 Å². The highest BCUT2D eigenvalue weighted by molar-refractivity contribution is 7.15. The molecule has 3 rings (SSSR count). The lowest BCUT2D eigenvalue weighted by Gasteiger charge is -2.07. The molecule has 0 bridgehead atoms. The molecule has 0 aromatic carbocycles. The zero-order chi connectivity index (χ0) is 17.1. The van der Waals surface area contributed by atoms with Gasteiger partial charge in [-0.05, 0) is 18.6 Å². The van der Waals surface area contributed by atoms with Gasteiger partial charge in [-0.1, -0.05) is 11.6 Å². The molecule has 24 heavy (non-hydrogen) atoms. The lowest BCUT2D eigenvalue weighted by molar-refractivity contribution is 0.102. The van der Waals surface area contributed by atoms with Crippen LogP contribution in [-0.4, -0.2) is 39.3 Å². The van der Waals surface area contributed by atoms with E-state index in [0.717, 1.165) is 5.82 Å². The molecule has 9 heteroatoms. The number of pyridine rings is 1. The van der Waals surface area contributed by atoms with Crippen LogP contribution in [0.15, 0.2) is 23.7 Å². The first-order chi connectivity index (χ1) is 11.6. The van der Waals surface area contributed by atoms with Crippen LogP contribution in [0, 0.1) is 0 Å². The summed E-state index contributed by atoms with van der Waals surface area (Å²) < 4.78 is 7.39. The summed E-state index contributed by atoms with van der Waals surface area (Å²) in [6.45, 7) is 0.0874. The average molecular weight is 367 g/mol. The van der Waals surface area contributed by atoms with Gasteiger partial charge >= 0.3 is 0 Å². The Kier molecular flexibility index (Phi) is 4.98. The quantitative estimate of drug-likeness (QED) is 0.700. The van der Waals surface area contributed by atoms with Crippen LogP contribution < -0.4 is 10.1 Å². The fourth-order valence-electron chi connectivity index (χ4n) is 2.29. The van der Waals surface area contributed by atoms with E-state index in [1.807, 2.05) is 0 Å². The van der Waals surface area contributed by atoms with Gasteiger partial charge in [0.25, 0.3) is 5.91 Å². The van der Waals surface area contributed by atoms with Gasteiger partial charge in [-0.25, -0.2) is 0 Å². The van der Waals surface area contributed by atoms with E-state index in [-0.39, 0.29) is 12.5 Å². The largest absolute Gasteiger partial charge is 0.493 e. The lowest BCUT2D eigenvalue weighted by atomic mass is 10.3. The van der Waals surface area contributed by atoms with Gasteiger partial charge in [0, 0.05) is 24.6 Å². The van der Waals surface area contributed by atoms with Crippen LogP contribution in [-0.2, 0) is 6.42 Å². The van der Waals surface area contributed by atoms with Crippen LogP contribution in [0.4, 0.5) is 5.69 Å². The molecule has 0 aliphatic heterocycles. The monoisotopic (exact) mass is 366 g/mol. The number of halogens is 1. The second kappa shape index (κ2) is 7.16. The average Bonchev–Trinajstić information content (AvgIpc) is 3.15. The molecular weight excluding hydrogens is 352 g/mol. The van der Waals surface area contributed by atoms with E-state index in [0.29, 0.717) is 39.8 Å². The Bertz CT molecular complexity index is 877. The van der Waals surface area contributed by atoms with E-state index in [1.165, 1.54) is 18.4 Å². The molecule has 0 aliphatic rings. The number of carbonyl (C=O) groups excluding carboxylic acids is 1. The third-order valence-electron chi connectivity index (χ3n) is 3.44. The molecule has 0 fully saturated rings. The number of aromatic nitrogens is 3. The molecule has 0 aliphatic carbocycles. The standard InChI is InChI=1S/C15H15ClN4O3S/c1-23-13-10(8-24-14(13)16)15(22)17-9-4-5-12-19-18-11(3-2-6-21)20(12)7-9/h4-5,7-8,21H,2-3,6H2,1H3,(H,17,22). The molecule has 0 saturated carbocycles. The van der Waals surface area contributed by atoms with Crippen LogP contribution >= 0.6 is 22.9 Å². The highest BCUT2D eigenvalue weighted by Gasteiger charge is 2.18. The third kappa shape index (κ3) is 3.21. The summed E-state index contributed by atoms with van der Waals surface area (Å²) in [4.78, 5) is 12.4. The Hall–Kier alpha value is -2.16. The summed E-state index contributed by atoms with van der Waals surface area (Å²) in [5.41, 5.74) is 1.66. The lowest BCUT2D eigenvalue weighted by Crippen LogP contribution is -2.12. The van der Waals surface area contributed by atoms with Crippen molar-refractivity contribution < 1.29 is 14.6 Å².